The lowest BCUT2D eigenvalue weighted by molar-refractivity contribution is -0.165. The molecule has 4 bridgehead atoms. The largest absolute Gasteiger partial charge is 0.494 e. The summed E-state index contributed by atoms with van der Waals surface area (Å²) in [4.78, 5) is 0. The molecule has 7 rings (SSSR count). The summed E-state index contributed by atoms with van der Waals surface area (Å²) in [5.74, 6) is 6.02. The van der Waals surface area contributed by atoms with Gasteiger partial charge < -0.3 is 14.4 Å². The average molecular weight is 535 g/mol. The minimum atomic E-state index is -1.86. The number of rotatable bonds is 8. The number of aliphatic hydroxyl groups excluding tert-OH is 1. The quantitative estimate of drug-likeness (QED) is 0.272. The highest BCUT2D eigenvalue weighted by molar-refractivity contribution is 6.83. The van der Waals surface area contributed by atoms with E-state index in [4.69, 9.17) is 9.31 Å². The molecular weight excluding hydrogens is 483 g/mol. The van der Waals surface area contributed by atoms with Crippen molar-refractivity contribution in [2.45, 2.75) is 105 Å². The molecule has 0 radical (unpaired) electrons. The molecule has 0 aliphatic heterocycles. The molecule has 0 heterocycles. The molecule has 6 aliphatic rings. The van der Waals surface area contributed by atoms with Crippen LogP contribution in [0.5, 0.6) is 0 Å². The van der Waals surface area contributed by atoms with Gasteiger partial charge in [0.25, 0.3) is 0 Å². The van der Waals surface area contributed by atoms with Crippen molar-refractivity contribution in [1.82, 2.24) is 0 Å². The summed E-state index contributed by atoms with van der Waals surface area (Å²) >= 11 is 0. The van der Waals surface area contributed by atoms with Gasteiger partial charge in [-0.3, -0.25) is 0 Å². The van der Waals surface area contributed by atoms with Crippen LogP contribution in [-0.4, -0.2) is 32.5 Å². The van der Waals surface area contributed by atoms with E-state index in [1.165, 1.54) is 12.8 Å². The minimum Gasteiger partial charge on any atom is -0.404 e. The summed E-state index contributed by atoms with van der Waals surface area (Å²) in [5.41, 5.74) is 5.39. The van der Waals surface area contributed by atoms with Gasteiger partial charge in [-0.1, -0.05) is 91.5 Å². The Morgan fingerprint density at radius 2 is 1.37 bits per heavy atom. The van der Waals surface area contributed by atoms with Crippen LogP contribution in [-0.2, 0) is 9.31 Å². The lowest BCUT2D eigenvalue weighted by atomic mass is 9.45. The van der Waals surface area contributed by atoms with Gasteiger partial charge in [0.1, 0.15) is 6.10 Å². The second-order valence-electron chi connectivity index (χ2n) is 15.4. The summed E-state index contributed by atoms with van der Waals surface area (Å²) in [5, 5.41) is 12.4. The first kappa shape index (κ1) is 28.4. The number of hydrogen-bond acceptors (Lipinski definition) is 3. The Labute approximate surface area is 233 Å². The number of benzene rings is 1. The van der Waals surface area contributed by atoms with Gasteiger partial charge in [-0.05, 0) is 88.8 Å². The monoisotopic (exact) mass is 534 g/mol. The van der Waals surface area contributed by atoms with Gasteiger partial charge in [-0.15, -0.1) is 5.73 Å². The molecule has 0 saturated heterocycles. The van der Waals surface area contributed by atoms with Gasteiger partial charge in [-0.25, -0.2) is 0 Å². The van der Waals surface area contributed by atoms with E-state index in [-0.39, 0.29) is 12.2 Å². The van der Waals surface area contributed by atoms with Crippen LogP contribution in [0.15, 0.2) is 47.2 Å². The van der Waals surface area contributed by atoms with E-state index in [0.29, 0.717) is 22.7 Å². The summed E-state index contributed by atoms with van der Waals surface area (Å²) in [6.07, 6.45) is 4.71. The van der Waals surface area contributed by atoms with Crippen LogP contribution < -0.4 is 0 Å². The van der Waals surface area contributed by atoms with E-state index in [2.05, 4.69) is 66.9 Å². The highest BCUT2D eigenvalue weighted by Crippen LogP contribution is 2.63. The standard InChI is InChI=1S/C33H51BO3Si/c1-21-26-17-24(32(26,3)4)19-28(21)36-34(37-29-20-25-18-27(22(29)2)33(25,5)6)16-15-30(38(7,8)9)31(35)23-13-11-10-12-14-23/h10-14,16,21-22,24-29,31,35H,17-20H2,1-9H3/t15?,21-,22-,24+,25+,26-,27-,28-,29-,31-/m1/s1. The van der Waals surface area contributed by atoms with Crippen molar-refractivity contribution in [3.05, 3.63) is 52.8 Å². The predicted octanol–water partition coefficient (Wildman–Crippen LogP) is 7.88. The van der Waals surface area contributed by atoms with Crippen molar-refractivity contribution in [1.29, 1.82) is 0 Å². The Kier molecular flexibility index (Phi) is 7.53. The van der Waals surface area contributed by atoms with Crippen molar-refractivity contribution in [3.8, 4) is 0 Å². The average Bonchev–Trinajstić information content (AvgIpc) is 2.85. The lowest BCUT2D eigenvalue weighted by Crippen LogP contribution is -2.59. The molecule has 1 aromatic rings. The van der Waals surface area contributed by atoms with Gasteiger partial charge in [0, 0.05) is 12.2 Å². The van der Waals surface area contributed by atoms with Gasteiger partial charge in [-0.2, -0.15) is 0 Å². The fraction of sp³-hybridized carbons (Fsp3) is 0.727. The molecule has 0 amide bonds. The van der Waals surface area contributed by atoms with Gasteiger partial charge in [0.05, 0.1) is 8.07 Å². The first-order valence-corrected chi connectivity index (χ1v) is 18.7. The molecule has 0 aromatic heterocycles. The normalized spacial score (nSPS) is 37.2. The van der Waals surface area contributed by atoms with E-state index in [1.807, 2.05) is 36.3 Å². The van der Waals surface area contributed by atoms with Crippen LogP contribution in [0.2, 0.25) is 19.6 Å². The Bertz CT molecular complexity index is 1030. The summed E-state index contributed by atoms with van der Waals surface area (Å²) in [7, 11) is -2.29. The third kappa shape index (κ3) is 4.96. The van der Waals surface area contributed by atoms with Crippen LogP contribution >= 0.6 is 0 Å². The molecule has 208 valence electrons. The van der Waals surface area contributed by atoms with E-state index in [0.717, 1.165) is 47.3 Å². The Balaban J connectivity index is 1.42. The molecule has 6 aliphatic carbocycles. The van der Waals surface area contributed by atoms with E-state index in [9.17, 15) is 5.11 Å². The van der Waals surface area contributed by atoms with Crippen molar-refractivity contribution >= 4 is 15.2 Å². The first-order valence-electron chi connectivity index (χ1n) is 15.2. The molecule has 1 aromatic carbocycles. The molecule has 6 saturated carbocycles. The SMILES string of the molecule is C[C@@H]1[C@H]2C[C@@H](C[C@H]1OB(C=C=C([C@H](O)c1ccccc1)[Si](C)(C)C)O[C@@H]1C[C@@H]3C[C@H]([C@H]1C)C3(C)C)C2(C)C. The van der Waals surface area contributed by atoms with E-state index >= 15 is 0 Å². The van der Waals surface area contributed by atoms with Gasteiger partial charge in [0.15, 0.2) is 0 Å². The topological polar surface area (TPSA) is 38.7 Å². The summed E-state index contributed by atoms with van der Waals surface area (Å²) < 4.78 is 13.8. The highest BCUT2D eigenvalue weighted by atomic mass is 28.3. The third-order valence-electron chi connectivity index (χ3n) is 11.8. The van der Waals surface area contributed by atoms with Crippen LogP contribution in [0.4, 0.5) is 0 Å². The molecular formula is C33H51BO3Si. The second-order valence-corrected chi connectivity index (χ2v) is 20.5. The third-order valence-corrected chi connectivity index (χ3v) is 13.8. The van der Waals surface area contributed by atoms with Crippen molar-refractivity contribution < 1.29 is 14.4 Å². The molecule has 3 nitrogen and oxygen atoms in total. The van der Waals surface area contributed by atoms with Crippen LogP contribution in [0.3, 0.4) is 0 Å². The Morgan fingerprint density at radius 3 is 1.76 bits per heavy atom. The fourth-order valence-corrected chi connectivity index (χ4v) is 10.2. The molecule has 6 fully saturated rings. The summed E-state index contributed by atoms with van der Waals surface area (Å²) in [6.45, 7) is 21.4. The van der Waals surface area contributed by atoms with Crippen LogP contribution in [0, 0.1) is 46.3 Å². The van der Waals surface area contributed by atoms with E-state index < -0.39 is 21.3 Å². The molecule has 0 unspecified atom stereocenters. The zero-order valence-electron chi connectivity index (χ0n) is 25.3. The predicted molar refractivity (Wildman–Crippen MR) is 160 cm³/mol. The van der Waals surface area contributed by atoms with Crippen molar-refractivity contribution in [2.75, 3.05) is 0 Å². The van der Waals surface area contributed by atoms with Crippen LogP contribution in [0.1, 0.15) is 78.9 Å². The smallest absolute Gasteiger partial charge is 0.404 e. The summed E-state index contributed by atoms with van der Waals surface area (Å²) in [6, 6.07) is 10.00. The molecule has 0 spiro atoms. The van der Waals surface area contributed by atoms with Crippen LogP contribution in [0.25, 0.3) is 0 Å². The Morgan fingerprint density at radius 1 is 0.895 bits per heavy atom. The molecule has 5 heteroatoms. The van der Waals surface area contributed by atoms with Gasteiger partial charge >= 0.3 is 7.12 Å². The second kappa shape index (κ2) is 10.1. The zero-order chi connectivity index (χ0) is 27.6. The molecule has 1 N–H and O–H groups in total. The molecule has 9 atom stereocenters. The number of aliphatic hydroxyl groups is 1. The van der Waals surface area contributed by atoms with Gasteiger partial charge in [0.2, 0.25) is 0 Å². The zero-order valence-corrected chi connectivity index (χ0v) is 26.3. The maximum absolute atomic E-state index is 11.4. The van der Waals surface area contributed by atoms with Crippen molar-refractivity contribution in [2.24, 2.45) is 46.3 Å². The van der Waals surface area contributed by atoms with E-state index in [1.54, 1.807) is 0 Å². The maximum Gasteiger partial charge on any atom is 0.494 e. The molecule has 38 heavy (non-hydrogen) atoms. The highest BCUT2D eigenvalue weighted by Gasteiger charge is 2.58. The Hall–Kier alpha value is -1.10. The fourth-order valence-electron chi connectivity index (χ4n) is 8.68. The number of hydrogen-bond donors (Lipinski definition) is 1. The lowest BCUT2D eigenvalue weighted by Gasteiger charge is -2.62. The maximum atomic E-state index is 11.4. The first-order chi connectivity index (χ1) is 17.7. The minimum absolute atomic E-state index is 0.217. The number of fused-ring (bicyclic) bond motifs is 4. The van der Waals surface area contributed by atoms with Crippen molar-refractivity contribution in [3.63, 3.8) is 0 Å².